The summed E-state index contributed by atoms with van der Waals surface area (Å²) in [5.74, 6) is -0.357. The van der Waals surface area contributed by atoms with Gasteiger partial charge < -0.3 is 15.1 Å². The average molecular weight is 282 g/mol. The van der Waals surface area contributed by atoms with Gasteiger partial charge in [-0.15, -0.1) is 0 Å². The van der Waals surface area contributed by atoms with Crippen LogP contribution in [0.4, 0.5) is 10.1 Å². The molecule has 1 aromatic rings. The monoisotopic (exact) mass is 282 g/mol. The van der Waals surface area contributed by atoms with E-state index in [1.54, 1.807) is 19.9 Å². The van der Waals surface area contributed by atoms with E-state index in [1.165, 1.54) is 6.07 Å². The summed E-state index contributed by atoms with van der Waals surface area (Å²) in [7, 11) is 0. The van der Waals surface area contributed by atoms with Gasteiger partial charge in [-0.2, -0.15) is 0 Å². The summed E-state index contributed by atoms with van der Waals surface area (Å²) in [4.78, 5) is 4.30. The fraction of sp³-hybridized carbons (Fsp3) is 0.600. The summed E-state index contributed by atoms with van der Waals surface area (Å²) in [5, 5.41) is 19.2. The number of anilines is 1. The molecule has 0 unspecified atom stereocenters. The van der Waals surface area contributed by atoms with E-state index in [-0.39, 0.29) is 12.4 Å². The number of β-amino-alcohol motifs (C(OH)–C–C–N with tert-alkyl or cyclic N) is 1. The van der Waals surface area contributed by atoms with Crippen LogP contribution in [0.25, 0.3) is 0 Å². The third-order valence-electron chi connectivity index (χ3n) is 3.58. The van der Waals surface area contributed by atoms with Crippen LogP contribution in [0.2, 0.25) is 0 Å². The Hall–Kier alpha value is -1.17. The molecule has 2 N–H and O–H groups in total. The molecule has 20 heavy (non-hydrogen) atoms. The molecule has 0 aromatic heterocycles. The first-order chi connectivity index (χ1) is 9.40. The maximum absolute atomic E-state index is 13.7. The average Bonchev–Trinajstić information content (AvgIpc) is 2.37. The van der Waals surface area contributed by atoms with Crippen molar-refractivity contribution in [2.75, 3.05) is 37.6 Å². The number of piperazine rings is 1. The summed E-state index contributed by atoms with van der Waals surface area (Å²) < 4.78 is 13.7. The van der Waals surface area contributed by atoms with Gasteiger partial charge in [-0.25, -0.2) is 4.39 Å². The van der Waals surface area contributed by atoms with E-state index in [0.717, 1.165) is 31.9 Å². The number of hydrogen-bond donors (Lipinski definition) is 2. The molecule has 0 saturated carbocycles. The SMILES string of the molecule is CC(C)(O)CN1CCN(c2cccc(F)c2CO)CC1. The number of nitrogens with zero attached hydrogens (tertiary/aromatic N) is 2. The highest BCUT2D eigenvalue weighted by Crippen LogP contribution is 2.24. The van der Waals surface area contributed by atoms with Gasteiger partial charge in [-0.05, 0) is 26.0 Å². The lowest BCUT2D eigenvalue weighted by molar-refractivity contribution is 0.0345. The maximum atomic E-state index is 13.7. The smallest absolute Gasteiger partial charge is 0.130 e. The maximum Gasteiger partial charge on any atom is 0.130 e. The zero-order chi connectivity index (χ0) is 14.8. The minimum absolute atomic E-state index is 0.286. The minimum Gasteiger partial charge on any atom is -0.391 e. The van der Waals surface area contributed by atoms with E-state index in [1.807, 2.05) is 6.07 Å². The van der Waals surface area contributed by atoms with Crippen molar-refractivity contribution in [3.8, 4) is 0 Å². The molecule has 0 radical (unpaired) electrons. The molecule has 5 heteroatoms. The second-order valence-corrected chi connectivity index (χ2v) is 5.97. The Morgan fingerprint density at radius 2 is 1.85 bits per heavy atom. The van der Waals surface area contributed by atoms with Gasteiger partial charge in [-0.3, -0.25) is 4.90 Å². The van der Waals surface area contributed by atoms with Crippen LogP contribution in [0, 0.1) is 5.82 Å². The fourth-order valence-corrected chi connectivity index (χ4v) is 2.69. The fourth-order valence-electron chi connectivity index (χ4n) is 2.69. The first-order valence-electron chi connectivity index (χ1n) is 6.98. The van der Waals surface area contributed by atoms with Crippen LogP contribution in [0.15, 0.2) is 18.2 Å². The van der Waals surface area contributed by atoms with Crippen molar-refractivity contribution in [2.24, 2.45) is 0 Å². The highest BCUT2D eigenvalue weighted by Gasteiger charge is 2.24. The largest absolute Gasteiger partial charge is 0.391 e. The number of aliphatic hydroxyl groups excluding tert-OH is 1. The zero-order valence-electron chi connectivity index (χ0n) is 12.1. The van der Waals surface area contributed by atoms with E-state index in [0.29, 0.717) is 12.1 Å². The molecule has 1 aromatic carbocycles. The second kappa shape index (κ2) is 6.08. The van der Waals surface area contributed by atoms with Crippen LogP contribution in [0.3, 0.4) is 0 Å². The number of aliphatic hydroxyl groups is 2. The van der Waals surface area contributed by atoms with Crippen LogP contribution in [-0.4, -0.2) is 53.4 Å². The molecule has 0 aliphatic carbocycles. The Labute approximate surface area is 119 Å². The molecular weight excluding hydrogens is 259 g/mol. The molecule has 1 aliphatic heterocycles. The quantitative estimate of drug-likeness (QED) is 0.871. The van der Waals surface area contributed by atoms with Gasteiger partial charge >= 0.3 is 0 Å². The first kappa shape index (κ1) is 15.2. The molecule has 1 aliphatic rings. The lowest BCUT2D eigenvalue weighted by atomic mass is 10.1. The van der Waals surface area contributed by atoms with Gasteiger partial charge in [0.25, 0.3) is 0 Å². The van der Waals surface area contributed by atoms with Gasteiger partial charge in [0.2, 0.25) is 0 Å². The Bertz CT molecular complexity index is 452. The summed E-state index contributed by atoms with van der Waals surface area (Å²) in [6.07, 6.45) is 0. The molecule has 4 nitrogen and oxygen atoms in total. The van der Waals surface area contributed by atoms with E-state index in [4.69, 9.17) is 0 Å². The first-order valence-corrected chi connectivity index (χ1v) is 6.98. The number of halogens is 1. The molecule has 0 atom stereocenters. The van der Waals surface area contributed by atoms with Crippen molar-refractivity contribution in [3.63, 3.8) is 0 Å². The predicted molar refractivity (Wildman–Crippen MR) is 77.3 cm³/mol. The molecule has 0 spiro atoms. The second-order valence-electron chi connectivity index (χ2n) is 5.97. The molecule has 2 rings (SSSR count). The third-order valence-corrected chi connectivity index (χ3v) is 3.58. The number of rotatable bonds is 4. The van der Waals surface area contributed by atoms with Crippen molar-refractivity contribution >= 4 is 5.69 Å². The van der Waals surface area contributed by atoms with Crippen LogP contribution in [-0.2, 0) is 6.61 Å². The molecule has 0 amide bonds. The lowest BCUT2D eigenvalue weighted by Crippen LogP contribution is -2.50. The van der Waals surface area contributed by atoms with Gasteiger partial charge in [0.05, 0.1) is 12.2 Å². The van der Waals surface area contributed by atoms with E-state index in [2.05, 4.69) is 9.80 Å². The Morgan fingerprint density at radius 1 is 1.20 bits per heavy atom. The Morgan fingerprint density at radius 3 is 2.40 bits per heavy atom. The van der Waals surface area contributed by atoms with Gasteiger partial charge in [0, 0.05) is 44.0 Å². The van der Waals surface area contributed by atoms with Crippen molar-refractivity contribution < 1.29 is 14.6 Å². The van der Waals surface area contributed by atoms with Crippen molar-refractivity contribution in [1.29, 1.82) is 0 Å². The molecule has 1 fully saturated rings. The predicted octanol–water partition coefficient (Wildman–Crippen LogP) is 1.21. The van der Waals surface area contributed by atoms with E-state index >= 15 is 0 Å². The van der Waals surface area contributed by atoms with Gasteiger partial charge in [-0.1, -0.05) is 6.07 Å². The summed E-state index contributed by atoms with van der Waals surface area (Å²) in [6, 6.07) is 4.90. The van der Waals surface area contributed by atoms with E-state index in [9.17, 15) is 14.6 Å². The third kappa shape index (κ3) is 3.69. The standard InChI is InChI=1S/C15H23FN2O2/c1-15(2,20)11-17-6-8-18(9-7-17)14-5-3-4-13(16)12(14)10-19/h3-5,19-20H,6-11H2,1-2H3. The summed E-state index contributed by atoms with van der Waals surface area (Å²) >= 11 is 0. The number of hydrogen-bond acceptors (Lipinski definition) is 4. The highest BCUT2D eigenvalue weighted by molar-refractivity contribution is 5.54. The Balaban J connectivity index is 2.02. The molecular formula is C15H23FN2O2. The van der Waals surface area contributed by atoms with Crippen molar-refractivity contribution in [3.05, 3.63) is 29.6 Å². The molecule has 1 saturated heterocycles. The normalized spacial score (nSPS) is 17.6. The van der Waals surface area contributed by atoms with Crippen LogP contribution in [0.1, 0.15) is 19.4 Å². The van der Waals surface area contributed by atoms with Gasteiger partial charge in [0.15, 0.2) is 0 Å². The minimum atomic E-state index is -0.697. The van der Waals surface area contributed by atoms with Crippen LogP contribution in [0.5, 0.6) is 0 Å². The molecule has 112 valence electrons. The number of benzene rings is 1. The summed E-state index contributed by atoms with van der Waals surface area (Å²) in [5.41, 5.74) is 0.441. The van der Waals surface area contributed by atoms with Crippen molar-refractivity contribution in [1.82, 2.24) is 4.90 Å². The highest BCUT2D eigenvalue weighted by atomic mass is 19.1. The molecule has 1 heterocycles. The van der Waals surface area contributed by atoms with Crippen molar-refractivity contribution in [2.45, 2.75) is 26.1 Å². The lowest BCUT2D eigenvalue weighted by Gasteiger charge is -2.39. The molecule has 0 bridgehead atoms. The van der Waals surface area contributed by atoms with Gasteiger partial charge in [0.1, 0.15) is 5.82 Å². The van der Waals surface area contributed by atoms with E-state index < -0.39 is 5.60 Å². The topological polar surface area (TPSA) is 46.9 Å². The summed E-state index contributed by atoms with van der Waals surface area (Å²) in [6.45, 7) is 7.14. The Kier molecular flexibility index (Phi) is 4.62. The zero-order valence-corrected chi connectivity index (χ0v) is 12.1. The van der Waals surface area contributed by atoms with Crippen LogP contribution < -0.4 is 4.90 Å². The van der Waals surface area contributed by atoms with Crippen LogP contribution >= 0.6 is 0 Å².